The van der Waals surface area contributed by atoms with Crippen LogP contribution in [0.5, 0.6) is 0 Å². The Balaban J connectivity index is 2.17. The lowest BCUT2D eigenvalue weighted by Gasteiger charge is -2.13. The number of carbonyl (C=O) groups excluding carboxylic acids is 1. The van der Waals surface area contributed by atoms with Crippen molar-refractivity contribution in [3.05, 3.63) is 75.9 Å². The fraction of sp³-hybridized carbons (Fsp3) is 0.105. The highest BCUT2D eigenvalue weighted by atomic mass is 79.9. The van der Waals surface area contributed by atoms with E-state index in [0.717, 1.165) is 6.07 Å². The molecule has 0 bridgehead atoms. The van der Waals surface area contributed by atoms with Crippen LogP contribution in [0.1, 0.15) is 21.7 Å². The monoisotopic (exact) mass is 480 g/mol. The molecule has 2 heterocycles. The Morgan fingerprint density at radius 2 is 2.00 bits per heavy atom. The van der Waals surface area contributed by atoms with Crippen LogP contribution in [0.4, 0.5) is 13.2 Å². The summed E-state index contributed by atoms with van der Waals surface area (Å²) in [6, 6.07) is 6.48. The summed E-state index contributed by atoms with van der Waals surface area (Å²) in [5.74, 6) is -0.603. The highest BCUT2D eigenvalue weighted by Gasteiger charge is 2.34. The van der Waals surface area contributed by atoms with Gasteiger partial charge in [-0.15, -0.1) is 0 Å². The van der Waals surface area contributed by atoms with Gasteiger partial charge in [0.05, 0.1) is 21.4 Å². The van der Waals surface area contributed by atoms with Gasteiger partial charge in [-0.25, -0.2) is 9.50 Å². The molecule has 0 fully saturated rings. The molecule has 0 radical (unpaired) electrons. The Labute approximate surface area is 177 Å². The SMILES string of the molecule is Cc1nc2c(Br)cc(-c3ccccc3C(F)(F)F)nn2c1C(=O)N/C(N)=C/C=C\N. The van der Waals surface area contributed by atoms with Crippen LogP contribution in [0.25, 0.3) is 16.9 Å². The number of hydrogen-bond donors (Lipinski definition) is 3. The van der Waals surface area contributed by atoms with Crippen LogP contribution in [-0.4, -0.2) is 20.5 Å². The molecular formula is C19H16BrF3N6O. The molecule has 7 nitrogen and oxygen atoms in total. The zero-order chi connectivity index (χ0) is 22.1. The van der Waals surface area contributed by atoms with Crippen molar-refractivity contribution in [1.29, 1.82) is 0 Å². The summed E-state index contributed by atoms with van der Waals surface area (Å²) in [7, 11) is 0. The molecule has 0 aliphatic carbocycles. The number of imidazole rings is 1. The first-order valence-electron chi connectivity index (χ1n) is 8.51. The minimum atomic E-state index is -4.57. The number of nitrogens with two attached hydrogens (primary N) is 2. The van der Waals surface area contributed by atoms with Crippen molar-refractivity contribution >= 4 is 27.5 Å². The van der Waals surface area contributed by atoms with E-state index < -0.39 is 17.6 Å². The summed E-state index contributed by atoms with van der Waals surface area (Å²) in [6.45, 7) is 1.58. The van der Waals surface area contributed by atoms with E-state index in [-0.39, 0.29) is 28.4 Å². The fourth-order valence-corrected chi connectivity index (χ4v) is 3.30. The highest BCUT2D eigenvalue weighted by molar-refractivity contribution is 9.10. The van der Waals surface area contributed by atoms with Crippen LogP contribution >= 0.6 is 15.9 Å². The maximum Gasteiger partial charge on any atom is 0.417 e. The summed E-state index contributed by atoms with van der Waals surface area (Å²) < 4.78 is 41.9. The van der Waals surface area contributed by atoms with Gasteiger partial charge in [0, 0.05) is 5.56 Å². The fourth-order valence-electron chi connectivity index (χ4n) is 2.83. The molecule has 0 aliphatic rings. The van der Waals surface area contributed by atoms with E-state index in [1.807, 2.05) is 0 Å². The van der Waals surface area contributed by atoms with Gasteiger partial charge < -0.3 is 16.8 Å². The molecule has 5 N–H and O–H groups in total. The maximum absolute atomic E-state index is 13.4. The lowest BCUT2D eigenvalue weighted by Crippen LogP contribution is -2.29. The second-order valence-corrected chi connectivity index (χ2v) is 7.02. The normalized spacial score (nSPS) is 12.6. The van der Waals surface area contributed by atoms with E-state index in [1.165, 1.54) is 47.1 Å². The van der Waals surface area contributed by atoms with Gasteiger partial charge in [0.1, 0.15) is 5.82 Å². The van der Waals surface area contributed by atoms with Gasteiger partial charge in [-0.1, -0.05) is 18.2 Å². The zero-order valence-corrected chi connectivity index (χ0v) is 17.1. The summed E-state index contributed by atoms with van der Waals surface area (Å²) in [6.07, 6.45) is -0.523. The van der Waals surface area contributed by atoms with Gasteiger partial charge in [-0.2, -0.15) is 18.3 Å². The second-order valence-electron chi connectivity index (χ2n) is 6.16. The number of alkyl halides is 3. The Morgan fingerprint density at radius 3 is 2.67 bits per heavy atom. The smallest absolute Gasteiger partial charge is 0.405 e. The van der Waals surface area contributed by atoms with Gasteiger partial charge in [0.25, 0.3) is 5.91 Å². The molecule has 3 aromatic rings. The molecular weight excluding hydrogens is 465 g/mol. The van der Waals surface area contributed by atoms with Crippen LogP contribution in [0.2, 0.25) is 0 Å². The first-order chi connectivity index (χ1) is 14.1. The molecule has 11 heteroatoms. The predicted molar refractivity (Wildman–Crippen MR) is 109 cm³/mol. The maximum atomic E-state index is 13.4. The molecule has 0 spiro atoms. The van der Waals surface area contributed by atoms with Crippen LogP contribution in [0, 0.1) is 6.92 Å². The number of nitrogens with one attached hydrogen (secondary N) is 1. The van der Waals surface area contributed by atoms with Gasteiger partial charge in [0.15, 0.2) is 11.3 Å². The number of benzene rings is 1. The molecule has 3 rings (SSSR count). The number of fused-ring (bicyclic) bond motifs is 1. The standard InChI is InChI=1S/C19H16BrF3N6O/c1-10-16(18(30)27-15(25)7-4-8-24)29-17(26-10)13(20)9-14(28-29)11-5-2-3-6-12(11)19(21,22)23/h2-9H,24-25H2,1H3,(H,27,30)/b8-4-,15-7+. The van der Waals surface area contributed by atoms with Gasteiger partial charge in [-0.3, -0.25) is 4.79 Å². The van der Waals surface area contributed by atoms with E-state index >= 15 is 0 Å². The van der Waals surface area contributed by atoms with Crippen molar-refractivity contribution in [1.82, 2.24) is 19.9 Å². The number of rotatable bonds is 4. The van der Waals surface area contributed by atoms with Crippen molar-refractivity contribution in [2.75, 3.05) is 0 Å². The van der Waals surface area contributed by atoms with Crippen LogP contribution in [0.15, 0.2) is 59.0 Å². The molecule has 0 aliphatic heterocycles. The van der Waals surface area contributed by atoms with Crippen LogP contribution in [0.3, 0.4) is 0 Å². The summed E-state index contributed by atoms with van der Waals surface area (Å²) in [5.41, 5.74) is 10.6. The lowest BCUT2D eigenvalue weighted by atomic mass is 10.0. The Bertz CT molecular complexity index is 1180. The van der Waals surface area contributed by atoms with E-state index in [9.17, 15) is 18.0 Å². The number of hydrogen-bond acceptors (Lipinski definition) is 5. The van der Waals surface area contributed by atoms with Gasteiger partial charge >= 0.3 is 6.18 Å². The molecule has 30 heavy (non-hydrogen) atoms. The van der Waals surface area contributed by atoms with Crippen molar-refractivity contribution in [3.8, 4) is 11.3 Å². The van der Waals surface area contributed by atoms with Crippen molar-refractivity contribution in [2.45, 2.75) is 13.1 Å². The predicted octanol–water partition coefficient (Wildman–Crippen LogP) is 3.49. The molecule has 1 aromatic carbocycles. The van der Waals surface area contributed by atoms with Crippen molar-refractivity contribution in [2.24, 2.45) is 11.5 Å². The average Bonchev–Trinajstić information content (AvgIpc) is 3.02. The minimum absolute atomic E-state index is 0.0170. The largest absolute Gasteiger partial charge is 0.417 e. The average molecular weight is 481 g/mol. The van der Waals surface area contributed by atoms with Crippen LogP contribution in [-0.2, 0) is 6.18 Å². The van der Waals surface area contributed by atoms with Crippen molar-refractivity contribution in [3.63, 3.8) is 0 Å². The Kier molecular flexibility index (Phi) is 5.83. The topological polar surface area (TPSA) is 111 Å². The summed E-state index contributed by atoms with van der Waals surface area (Å²) in [5, 5.41) is 6.72. The van der Waals surface area contributed by atoms with E-state index in [0.29, 0.717) is 10.2 Å². The number of aromatic nitrogens is 3. The van der Waals surface area contributed by atoms with Crippen molar-refractivity contribution < 1.29 is 18.0 Å². The molecule has 1 amide bonds. The summed E-state index contributed by atoms with van der Waals surface area (Å²) in [4.78, 5) is 17.0. The van der Waals surface area contributed by atoms with Crippen LogP contribution < -0.4 is 16.8 Å². The number of carbonyl (C=O) groups is 1. The van der Waals surface area contributed by atoms with E-state index in [1.54, 1.807) is 6.92 Å². The van der Waals surface area contributed by atoms with E-state index in [4.69, 9.17) is 11.5 Å². The number of amides is 1. The molecule has 156 valence electrons. The summed E-state index contributed by atoms with van der Waals surface area (Å²) >= 11 is 3.31. The number of allylic oxidation sites excluding steroid dienone is 2. The Morgan fingerprint density at radius 1 is 1.30 bits per heavy atom. The third-order valence-corrected chi connectivity index (χ3v) is 4.67. The number of halogens is 4. The first-order valence-corrected chi connectivity index (χ1v) is 9.30. The second kappa shape index (κ2) is 8.19. The van der Waals surface area contributed by atoms with Gasteiger partial charge in [-0.05, 0) is 53.3 Å². The quantitative estimate of drug-likeness (QED) is 0.495. The zero-order valence-electron chi connectivity index (χ0n) is 15.5. The number of nitrogens with zero attached hydrogens (tertiary/aromatic N) is 3. The number of aryl methyl sites for hydroxylation is 1. The molecule has 0 saturated heterocycles. The lowest BCUT2D eigenvalue weighted by molar-refractivity contribution is -0.137. The molecule has 0 saturated carbocycles. The Hall–Kier alpha value is -3.34. The minimum Gasteiger partial charge on any atom is -0.405 e. The first kappa shape index (κ1) is 21.4. The molecule has 0 atom stereocenters. The third-order valence-electron chi connectivity index (χ3n) is 4.08. The highest BCUT2D eigenvalue weighted by Crippen LogP contribution is 2.37. The van der Waals surface area contributed by atoms with Gasteiger partial charge in [0.2, 0.25) is 0 Å². The molecule has 0 unspecified atom stereocenters. The van der Waals surface area contributed by atoms with E-state index in [2.05, 4.69) is 31.3 Å². The third kappa shape index (κ3) is 4.15. The molecule has 2 aromatic heterocycles.